The first-order valence-corrected chi connectivity index (χ1v) is 5.42. The fourth-order valence-electron chi connectivity index (χ4n) is 1.58. The number of carboxylic acids is 1. The predicted octanol–water partition coefficient (Wildman–Crippen LogP) is 1.57. The standard InChI is InChI=1S/C8H13NO2S2/c1-5(12)9-6(7(10)11)4-13-8(9,2)3/h6H,4H2,1-3H3,(H,10,11)/t6-/m1/s1. The van der Waals surface area contributed by atoms with Crippen molar-refractivity contribution in [3.8, 4) is 0 Å². The topological polar surface area (TPSA) is 40.5 Å². The lowest BCUT2D eigenvalue weighted by atomic mass is 10.2. The molecule has 74 valence electrons. The Morgan fingerprint density at radius 2 is 2.23 bits per heavy atom. The minimum absolute atomic E-state index is 0.186. The molecule has 1 atom stereocenters. The van der Waals surface area contributed by atoms with Gasteiger partial charge in [0.15, 0.2) is 0 Å². The maximum absolute atomic E-state index is 10.9. The Balaban J connectivity index is 2.92. The Kier molecular flexibility index (Phi) is 2.87. The summed E-state index contributed by atoms with van der Waals surface area (Å²) in [5.41, 5.74) is 0. The molecule has 0 bridgehead atoms. The van der Waals surface area contributed by atoms with Gasteiger partial charge in [0, 0.05) is 5.75 Å². The van der Waals surface area contributed by atoms with Gasteiger partial charge >= 0.3 is 5.97 Å². The Morgan fingerprint density at radius 3 is 2.54 bits per heavy atom. The highest BCUT2D eigenvalue weighted by atomic mass is 32.2. The van der Waals surface area contributed by atoms with E-state index in [4.69, 9.17) is 17.3 Å². The van der Waals surface area contributed by atoms with E-state index in [-0.39, 0.29) is 4.87 Å². The summed E-state index contributed by atoms with van der Waals surface area (Å²) in [6.45, 7) is 5.77. The van der Waals surface area contributed by atoms with E-state index in [0.29, 0.717) is 10.7 Å². The van der Waals surface area contributed by atoms with Crippen LogP contribution in [-0.2, 0) is 4.79 Å². The molecule has 1 fully saturated rings. The van der Waals surface area contributed by atoms with Crippen LogP contribution >= 0.6 is 24.0 Å². The SMILES string of the molecule is CC(=S)N1[C@@H](C(=O)O)CSC1(C)C. The van der Waals surface area contributed by atoms with Crippen molar-refractivity contribution in [1.29, 1.82) is 0 Å². The van der Waals surface area contributed by atoms with Gasteiger partial charge in [0.1, 0.15) is 6.04 Å². The van der Waals surface area contributed by atoms with E-state index < -0.39 is 12.0 Å². The van der Waals surface area contributed by atoms with Crippen LogP contribution in [0.1, 0.15) is 20.8 Å². The molecular weight excluding hydrogens is 206 g/mol. The molecule has 0 amide bonds. The van der Waals surface area contributed by atoms with Crippen molar-refractivity contribution in [1.82, 2.24) is 4.90 Å². The molecule has 1 rings (SSSR count). The summed E-state index contributed by atoms with van der Waals surface area (Å²) >= 11 is 6.68. The second kappa shape index (κ2) is 3.46. The first kappa shape index (κ1) is 10.8. The van der Waals surface area contributed by atoms with E-state index in [2.05, 4.69) is 0 Å². The van der Waals surface area contributed by atoms with Crippen molar-refractivity contribution >= 4 is 34.9 Å². The van der Waals surface area contributed by atoms with Gasteiger partial charge in [0.05, 0.1) is 9.86 Å². The van der Waals surface area contributed by atoms with Gasteiger partial charge in [-0.2, -0.15) is 0 Å². The molecule has 0 saturated carbocycles. The highest BCUT2D eigenvalue weighted by Gasteiger charge is 2.43. The Labute approximate surface area is 87.5 Å². The predicted molar refractivity (Wildman–Crippen MR) is 58.1 cm³/mol. The van der Waals surface area contributed by atoms with E-state index in [1.807, 2.05) is 13.8 Å². The third-order valence-electron chi connectivity index (χ3n) is 2.11. The quantitative estimate of drug-likeness (QED) is 0.678. The van der Waals surface area contributed by atoms with Crippen LogP contribution < -0.4 is 0 Å². The zero-order chi connectivity index (χ0) is 10.2. The van der Waals surface area contributed by atoms with Crippen LogP contribution in [0.2, 0.25) is 0 Å². The lowest BCUT2D eigenvalue weighted by Gasteiger charge is -2.34. The lowest BCUT2D eigenvalue weighted by Crippen LogP contribution is -2.48. The Bertz CT molecular complexity index is 253. The zero-order valence-corrected chi connectivity index (χ0v) is 9.54. The highest BCUT2D eigenvalue weighted by Crippen LogP contribution is 2.39. The fraction of sp³-hybridized carbons (Fsp3) is 0.750. The van der Waals surface area contributed by atoms with Crippen molar-refractivity contribution in [3.05, 3.63) is 0 Å². The number of nitrogens with zero attached hydrogens (tertiary/aromatic N) is 1. The molecular formula is C8H13NO2S2. The lowest BCUT2D eigenvalue weighted by molar-refractivity contribution is -0.141. The van der Waals surface area contributed by atoms with Crippen molar-refractivity contribution in [2.24, 2.45) is 0 Å². The van der Waals surface area contributed by atoms with Gasteiger partial charge < -0.3 is 10.0 Å². The second-order valence-corrected chi connectivity index (χ2v) is 5.71. The first-order chi connectivity index (χ1) is 5.86. The molecule has 0 aromatic rings. The molecule has 0 aromatic heterocycles. The smallest absolute Gasteiger partial charge is 0.327 e. The molecule has 0 aliphatic carbocycles. The van der Waals surface area contributed by atoms with Crippen LogP contribution in [0.3, 0.4) is 0 Å². The Morgan fingerprint density at radius 1 is 1.69 bits per heavy atom. The molecule has 0 aromatic carbocycles. The molecule has 1 aliphatic heterocycles. The summed E-state index contributed by atoms with van der Waals surface area (Å²) < 4.78 is 0. The largest absolute Gasteiger partial charge is 0.480 e. The van der Waals surface area contributed by atoms with Gasteiger partial charge in [0.25, 0.3) is 0 Å². The van der Waals surface area contributed by atoms with Crippen LogP contribution in [0.4, 0.5) is 0 Å². The minimum atomic E-state index is -0.790. The van der Waals surface area contributed by atoms with E-state index in [1.54, 1.807) is 23.6 Å². The zero-order valence-electron chi connectivity index (χ0n) is 7.90. The van der Waals surface area contributed by atoms with Gasteiger partial charge in [-0.05, 0) is 20.8 Å². The van der Waals surface area contributed by atoms with Gasteiger partial charge in [-0.25, -0.2) is 4.79 Å². The monoisotopic (exact) mass is 219 g/mol. The molecule has 0 spiro atoms. The van der Waals surface area contributed by atoms with Crippen LogP contribution in [0.25, 0.3) is 0 Å². The first-order valence-electron chi connectivity index (χ1n) is 4.03. The number of rotatable bonds is 1. The van der Waals surface area contributed by atoms with Crippen LogP contribution in [0.5, 0.6) is 0 Å². The van der Waals surface area contributed by atoms with Gasteiger partial charge in [-0.1, -0.05) is 12.2 Å². The number of carbonyl (C=O) groups is 1. The number of aliphatic carboxylic acids is 1. The summed E-state index contributed by atoms with van der Waals surface area (Å²) in [5.74, 6) is -0.182. The van der Waals surface area contributed by atoms with Crippen LogP contribution in [0.15, 0.2) is 0 Å². The normalized spacial score (nSPS) is 26.1. The summed E-state index contributed by atoms with van der Waals surface area (Å²) in [6.07, 6.45) is 0. The van der Waals surface area contributed by atoms with Crippen molar-refractivity contribution < 1.29 is 9.90 Å². The van der Waals surface area contributed by atoms with Crippen molar-refractivity contribution in [2.45, 2.75) is 31.7 Å². The fourth-order valence-corrected chi connectivity index (χ4v) is 3.26. The average molecular weight is 219 g/mol. The molecule has 5 heteroatoms. The molecule has 1 N–H and O–H groups in total. The van der Waals surface area contributed by atoms with Gasteiger partial charge in [-0.3, -0.25) is 0 Å². The van der Waals surface area contributed by atoms with Crippen molar-refractivity contribution in [3.63, 3.8) is 0 Å². The minimum Gasteiger partial charge on any atom is -0.480 e. The molecule has 1 heterocycles. The molecule has 0 radical (unpaired) electrons. The second-order valence-electron chi connectivity index (χ2n) is 3.50. The number of hydrogen-bond acceptors (Lipinski definition) is 3. The third kappa shape index (κ3) is 1.96. The maximum Gasteiger partial charge on any atom is 0.327 e. The summed E-state index contributed by atoms with van der Waals surface area (Å²) in [7, 11) is 0. The third-order valence-corrected chi connectivity index (χ3v) is 3.69. The molecule has 3 nitrogen and oxygen atoms in total. The number of hydrogen-bond donors (Lipinski definition) is 1. The van der Waals surface area contributed by atoms with E-state index in [1.165, 1.54) is 0 Å². The molecule has 1 saturated heterocycles. The van der Waals surface area contributed by atoms with E-state index >= 15 is 0 Å². The highest BCUT2D eigenvalue weighted by molar-refractivity contribution is 8.01. The van der Waals surface area contributed by atoms with Crippen LogP contribution in [-0.4, -0.2) is 37.6 Å². The summed E-state index contributed by atoms with van der Waals surface area (Å²) in [4.78, 5) is 13.2. The number of thioether (sulfide) groups is 1. The number of thiocarbonyl (C=S) groups is 1. The number of carboxylic acid groups (broad SMARTS) is 1. The molecule has 13 heavy (non-hydrogen) atoms. The summed E-state index contributed by atoms with van der Waals surface area (Å²) in [5, 5.41) is 8.95. The maximum atomic E-state index is 10.9. The molecule has 1 aliphatic rings. The summed E-state index contributed by atoms with van der Waals surface area (Å²) in [6, 6.07) is -0.461. The molecule has 0 unspecified atom stereocenters. The Hall–Kier alpha value is -0.290. The van der Waals surface area contributed by atoms with E-state index in [0.717, 1.165) is 0 Å². The van der Waals surface area contributed by atoms with Crippen LogP contribution in [0, 0.1) is 0 Å². The van der Waals surface area contributed by atoms with Gasteiger partial charge in [-0.15, -0.1) is 11.8 Å². The van der Waals surface area contributed by atoms with Gasteiger partial charge in [0.2, 0.25) is 0 Å². The van der Waals surface area contributed by atoms with E-state index in [9.17, 15) is 4.79 Å². The van der Waals surface area contributed by atoms with Crippen molar-refractivity contribution in [2.75, 3.05) is 5.75 Å². The average Bonchev–Trinajstić information content (AvgIpc) is 2.24.